The van der Waals surface area contributed by atoms with Gasteiger partial charge in [0.2, 0.25) is 0 Å². The Kier molecular flexibility index (Phi) is 23.8. The highest BCUT2D eigenvalue weighted by molar-refractivity contribution is 5.71. The molecule has 3 aliphatic heterocycles. The number of hydrogen-bond donors (Lipinski definition) is 12. The van der Waals surface area contributed by atoms with Crippen molar-refractivity contribution in [1.82, 2.24) is 0 Å². The van der Waals surface area contributed by atoms with Crippen LogP contribution in [0.2, 0.25) is 0 Å². The SMILES string of the molecule is CC1OC(OC2/C=C/C=C/C=C/C=C/CC/C=C\C=C\[C@@H](C)[C@H](O)[C@H](C)[C@@H](C)OC(=O)CC(O)CC(O)CC(O)CCC(O)C(O)C[C@@]3(O)CC(O)C(C(=O)O)C(C2)O3)C(O)C(N)C1O. The van der Waals surface area contributed by atoms with Crippen LogP contribution in [0.25, 0.3) is 0 Å². The summed E-state index contributed by atoms with van der Waals surface area (Å²) in [5.74, 6) is -6.82. The topological polar surface area (TPSA) is 320 Å². The van der Waals surface area contributed by atoms with Crippen LogP contribution in [0.3, 0.4) is 0 Å². The molecule has 2 bridgehead atoms. The maximum Gasteiger partial charge on any atom is 0.311 e. The fourth-order valence-corrected chi connectivity index (χ4v) is 8.11. The van der Waals surface area contributed by atoms with E-state index in [0.29, 0.717) is 0 Å². The minimum atomic E-state index is -2.35. The van der Waals surface area contributed by atoms with Gasteiger partial charge in [0.25, 0.3) is 0 Å². The minimum Gasteiger partial charge on any atom is -0.481 e. The molecule has 370 valence electrons. The van der Waals surface area contributed by atoms with Gasteiger partial charge in [0.1, 0.15) is 18.1 Å². The van der Waals surface area contributed by atoms with Crippen LogP contribution in [0.15, 0.2) is 72.9 Å². The number of aliphatic carboxylic acids is 1. The lowest BCUT2D eigenvalue weighted by atomic mass is 9.82. The number of carboxylic acids is 1. The van der Waals surface area contributed by atoms with Gasteiger partial charge in [0.05, 0.1) is 79.6 Å². The van der Waals surface area contributed by atoms with Crippen molar-refractivity contribution in [3.63, 3.8) is 0 Å². The van der Waals surface area contributed by atoms with E-state index < -0.39 is 141 Å². The average molecular weight is 926 g/mol. The lowest BCUT2D eigenvalue weighted by molar-refractivity contribution is -0.310. The van der Waals surface area contributed by atoms with Gasteiger partial charge < -0.3 is 80.9 Å². The Balaban J connectivity index is 1.84. The number of allylic oxidation sites excluding steroid dienone is 10. The van der Waals surface area contributed by atoms with Crippen molar-refractivity contribution in [2.24, 2.45) is 23.5 Å². The summed E-state index contributed by atoms with van der Waals surface area (Å²) in [5.41, 5.74) is 6.02. The van der Waals surface area contributed by atoms with Crippen molar-refractivity contribution < 1.29 is 84.7 Å². The van der Waals surface area contributed by atoms with Crippen LogP contribution in [0.5, 0.6) is 0 Å². The molecule has 18 nitrogen and oxygen atoms in total. The van der Waals surface area contributed by atoms with Crippen LogP contribution < -0.4 is 5.73 Å². The number of esters is 1. The molecule has 13 N–H and O–H groups in total. The predicted molar refractivity (Wildman–Crippen MR) is 237 cm³/mol. The Morgan fingerprint density at radius 3 is 1.94 bits per heavy atom. The fraction of sp³-hybridized carbons (Fsp3) is 0.702. The van der Waals surface area contributed by atoms with Crippen LogP contribution in [0.4, 0.5) is 0 Å². The molecule has 2 fully saturated rings. The second-order valence-electron chi connectivity index (χ2n) is 17.8. The molecule has 3 rings (SSSR count). The molecule has 0 amide bonds. The number of aliphatic hydroxyl groups excluding tert-OH is 9. The molecule has 14 unspecified atom stereocenters. The van der Waals surface area contributed by atoms with E-state index in [9.17, 15) is 65.8 Å². The Labute approximate surface area is 381 Å². The summed E-state index contributed by atoms with van der Waals surface area (Å²) >= 11 is 0. The number of hydrogen-bond acceptors (Lipinski definition) is 17. The first-order valence-electron chi connectivity index (χ1n) is 22.6. The molecule has 0 aromatic rings. The Bertz CT molecular complexity index is 1620. The number of carbonyl (C=O) groups is 2. The maximum absolute atomic E-state index is 12.6. The molecule has 0 aromatic heterocycles. The largest absolute Gasteiger partial charge is 0.481 e. The van der Waals surface area contributed by atoms with Gasteiger partial charge in [-0.05, 0) is 52.4 Å². The number of rotatable bonds is 3. The summed E-state index contributed by atoms with van der Waals surface area (Å²) in [4.78, 5) is 25.1. The molecule has 18 heteroatoms. The fourth-order valence-electron chi connectivity index (χ4n) is 8.11. The summed E-state index contributed by atoms with van der Waals surface area (Å²) in [6.45, 7) is 6.78. The third-order valence-electron chi connectivity index (χ3n) is 12.2. The number of ether oxygens (including phenoxy) is 4. The van der Waals surface area contributed by atoms with Crippen LogP contribution in [0.1, 0.15) is 91.9 Å². The Morgan fingerprint density at radius 1 is 0.692 bits per heavy atom. The van der Waals surface area contributed by atoms with Crippen LogP contribution in [-0.4, -0.2) is 166 Å². The average Bonchev–Trinajstić information content (AvgIpc) is 3.21. The molecular weight excluding hydrogens is 851 g/mol. The zero-order valence-electron chi connectivity index (χ0n) is 37.8. The summed E-state index contributed by atoms with van der Waals surface area (Å²) < 4.78 is 23.2. The van der Waals surface area contributed by atoms with Crippen molar-refractivity contribution in [3.8, 4) is 0 Å². The molecule has 0 aromatic carbocycles. The molecule has 0 radical (unpaired) electrons. The molecule has 0 spiro atoms. The molecule has 3 aliphatic rings. The minimum absolute atomic E-state index is 0.138. The van der Waals surface area contributed by atoms with E-state index in [0.717, 1.165) is 12.8 Å². The van der Waals surface area contributed by atoms with Gasteiger partial charge in [-0.25, -0.2) is 0 Å². The number of cyclic esters (lactones) is 1. The van der Waals surface area contributed by atoms with Crippen LogP contribution >= 0.6 is 0 Å². The number of carboxylic acid groups (broad SMARTS) is 1. The Hall–Kier alpha value is -3.18. The third-order valence-corrected chi connectivity index (χ3v) is 12.2. The van der Waals surface area contributed by atoms with Crippen molar-refractivity contribution in [3.05, 3.63) is 72.9 Å². The molecule has 65 heavy (non-hydrogen) atoms. The summed E-state index contributed by atoms with van der Waals surface area (Å²) in [6, 6.07) is -1.14. The van der Waals surface area contributed by atoms with E-state index in [-0.39, 0.29) is 38.0 Å². The third kappa shape index (κ3) is 18.8. The van der Waals surface area contributed by atoms with E-state index in [4.69, 9.17) is 24.7 Å². The molecule has 0 aliphatic carbocycles. The highest BCUT2D eigenvalue weighted by atomic mass is 16.7. The first-order valence-corrected chi connectivity index (χ1v) is 22.6. The van der Waals surface area contributed by atoms with Gasteiger partial charge in [0.15, 0.2) is 12.1 Å². The van der Waals surface area contributed by atoms with Gasteiger partial charge in [-0.3, -0.25) is 9.59 Å². The zero-order valence-corrected chi connectivity index (χ0v) is 37.8. The highest BCUT2D eigenvalue weighted by Gasteiger charge is 2.51. The Morgan fingerprint density at radius 2 is 1.28 bits per heavy atom. The monoisotopic (exact) mass is 926 g/mol. The number of nitrogens with two attached hydrogens (primary N) is 1. The number of aliphatic hydroxyl groups is 10. The zero-order chi connectivity index (χ0) is 48.4. The van der Waals surface area contributed by atoms with Crippen LogP contribution in [0, 0.1) is 17.8 Å². The van der Waals surface area contributed by atoms with Crippen molar-refractivity contribution in [2.45, 2.75) is 189 Å². The van der Waals surface area contributed by atoms with E-state index in [1.165, 1.54) is 13.0 Å². The number of fused-ring (bicyclic) bond motifs is 2. The first-order chi connectivity index (χ1) is 30.6. The van der Waals surface area contributed by atoms with E-state index in [1.807, 2.05) is 49.5 Å². The smallest absolute Gasteiger partial charge is 0.311 e. The summed E-state index contributed by atoms with van der Waals surface area (Å²) in [7, 11) is 0. The van der Waals surface area contributed by atoms with E-state index >= 15 is 0 Å². The first kappa shape index (κ1) is 56.1. The molecular formula is C47H75NO17. The van der Waals surface area contributed by atoms with Gasteiger partial charge >= 0.3 is 11.9 Å². The second kappa shape index (κ2) is 27.6. The molecule has 2 saturated heterocycles. The van der Waals surface area contributed by atoms with Gasteiger partial charge in [0, 0.05) is 31.1 Å². The molecule has 3 heterocycles. The quantitative estimate of drug-likeness (QED) is 0.175. The van der Waals surface area contributed by atoms with E-state index in [2.05, 4.69) is 0 Å². The van der Waals surface area contributed by atoms with Crippen molar-refractivity contribution in [2.75, 3.05) is 0 Å². The lowest BCUT2D eigenvalue weighted by Crippen LogP contribution is -2.61. The standard InChI is InChI=1S/C47H75NO17/c1-27-17-15-13-11-9-7-5-6-8-10-12-14-16-18-34(64-46-44(58)41(48)43(57)30(4)63-46)24-38-40(45(59)60)37(54)26-47(61,65-38)25-36(53)35(52)20-19-31(49)21-32(50)22-33(51)23-39(55)62-29(3)28(2)42(27)56/h5-6,8,10-18,27-38,40-44,46,49-54,56-58,61H,7,9,19-26,48H2,1-4H3,(H,59,60)/b6-5+,10-8+,13-11-,14-12+,17-15+,18-16+/t27-,28-,29-,30?,31?,32?,33?,34?,35?,36?,37?,38?,40?,41?,42+,43?,44?,46?,47+/m1/s1. The van der Waals surface area contributed by atoms with Gasteiger partial charge in [-0.2, -0.15) is 0 Å². The normalized spacial score (nSPS) is 45.2. The van der Waals surface area contributed by atoms with Gasteiger partial charge in [-0.1, -0.05) is 86.8 Å². The molecule has 0 saturated carbocycles. The summed E-state index contributed by atoms with van der Waals surface area (Å²) in [6.07, 6.45) is 2.28. The van der Waals surface area contributed by atoms with Crippen molar-refractivity contribution in [1.29, 1.82) is 0 Å². The number of carbonyl (C=O) groups excluding carboxylic acids is 1. The van der Waals surface area contributed by atoms with Gasteiger partial charge in [-0.15, -0.1) is 0 Å². The van der Waals surface area contributed by atoms with E-state index in [1.54, 1.807) is 38.2 Å². The van der Waals surface area contributed by atoms with Crippen molar-refractivity contribution >= 4 is 11.9 Å². The van der Waals surface area contributed by atoms with Crippen LogP contribution in [-0.2, 0) is 28.5 Å². The highest BCUT2D eigenvalue weighted by Crippen LogP contribution is 2.38. The maximum atomic E-state index is 12.6. The summed E-state index contributed by atoms with van der Waals surface area (Å²) in [5, 5.41) is 118. The predicted octanol–water partition coefficient (Wildman–Crippen LogP) is 0.936. The molecule has 19 atom stereocenters. The second-order valence-corrected chi connectivity index (χ2v) is 17.8. The lowest BCUT2D eigenvalue weighted by Gasteiger charge is -2.45.